The van der Waals surface area contributed by atoms with E-state index in [1.807, 2.05) is 6.20 Å². The highest BCUT2D eigenvalue weighted by Crippen LogP contribution is 2.44. The molecule has 2 saturated heterocycles. The van der Waals surface area contributed by atoms with E-state index in [1.165, 1.54) is 24.3 Å². The van der Waals surface area contributed by atoms with Crippen LogP contribution in [0.5, 0.6) is 5.75 Å². The van der Waals surface area contributed by atoms with E-state index in [0.717, 1.165) is 24.8 Å². The van der Waals surface area contributed by atoms with Crippen LogP contribution in [0.25, 0.3) is 0 Å². The maximum atomic E-state index is 5.29. The highest BCUT2D eigenvalue weighted by atomic mass is 16.5. The number of H-pyrrole nitrogens is 1. The van der Waals surface area contributed by atoms with Crippen molar-refractivity contribution in [1.29, 1.82) is 0 Å². The fraction of sp³-hybridized carbons (Fsp3) is 0.500. The molecule has 1 aromatic heterocycles. The Kier molecular flexibility index (Phi) is 3.83. The van der Waals surface area contributed by atoms with Crippen LogP contribution in [0.15, 0.2) is 36.5 Å². The number of methoxy groups -OCH3 is 1. The van der Waals surface area contributed by atoms with E-state index < -0.39 is 0 Å². The van der Waals surface area contributed by atoms with Crippen molar-refractivity contribution in [3.63, 3.8) is 0 Å². The van der Waals surface area contributed by atoms with Crippen molar-refractivity contribution in [2.24, 2.45) is 11.8 Å². The summed E-state index contributed by atoms with van der Waals surface area (Å²) in [5, 5.41) is 7.13. The average molecular weight is 312 g/mol. The standard InChI is InChI=1S/C18H24N4O/c1-21-9-14-10-22(11-15-7-8-19-20-15)12-17(14)18(21)13-3-5-16(23-2)6-4-13/h3-8,14,17-18H,9-12H2,1-2H3,(H,19,20)/t14-,17+,18+/m0/s1. The summed E-state index contributed by atoms with van der Waals surface area (Å²) in [5.41, 5.74) is 2.61. The van der Waals surface area contributed by atoms with Gasteiger partial charge < -0.3 is 4.74 Å². The number of fused-ring (bicyclic) bond motifs is 1. The second-order valence-corrected chi connectivity index (χ2v) is 6.86. The molecule has 0 saturated carbocycles. The van der Waals surface area contributed by atoms with Crippen LogP contribution in [-0.4, -0.2) is 53.8 Å². The van der Waals surface area contributed by atoms with Gasteiger partial charge in [-0.15, -0.1) is 0 Å². The van der Waals surface area contributed by atoms with Gasteiger partial charge >= 0.3 is 0 Å². The lowest BCUT2D eigenvalue weighted by atomic mass is 9.89. The number of hydrogen-bond acceptors (Lipinski definition) is 4. The number of rotatable bonds is 4. The first kappa shape index (κ1) is 14.7. The molecule has 122 valence electrons. The molecule has 2 aliphatic rings. The summed E-state index contributed by atoms with van der Waals surface area (Å²) < 4.78 is 5.29. The van der Waals surface area contributed by atoms with Crippen LogP contribution in [0.3, 0.4) is 0 Å². The summed E-state index contributed by atoms with van der Waals surface area (Å²) in [7, 11) is 3.98. The number of nitrogens with one attached hydrogen (secondary N) is 1. The lowest BCUT2D eigenvalue weighted by Crippen LogP contribution is -2.29. The van der Waals surface area contributed by atoms with Gasteiger partial charge in [0.05, 0.1) is 7.11 Å². The van der Waals surface area contributed by atoms with Crippen molar-refractivity contribution in [1.82, 2.24) is 20.0 Å². The molecule has 3 atom stereocenters. The van der Waals surface area contributed by atoms with Crippen LogP contribution in [0, 0.1) is 11.8 Å². The summed E-state index contributed by atoms with van der Waals surface area (Å²) in [6.45, 7) is 4.50. The van der Waals surface area contributed by atoms with Crippen LogP contribution in [0.1, 0.15) is 17.3 Å². The monoisotopic (exact) mass is 312 g/mol. The van der Waals surface area contributed by atoms with Gasteiger partial charge in [0.15, 0.2) is 0 Å². The van der Waals surface area contributed by atoms with Gasteiger partial charge in [0, 0.05) is 44.1 Å². The molecule has 0 bridgehead atoms. The quantitative estimate of drug-likeness (QED) is 0.939. The van der Waals surface area contributed by atoms with Gasteiger partial charge in [0.1, 0.15) is 5.75 Å². The van der Waals surface area contributed by atoms with Crippen LogP contribution in [0.4, 0.5) is 0 Å². The zero-order valence-electron chi connectivity index (χ0n) is 13.8. The van der Waals surface area contributed by atoms with E-state index in [4.69, 9.17) is 4.74 Å². The molecule has 5 nitrogen and oxygen atoms in total. The van der Waals surface area contributed by atoms with E-state index in [-0.39, 0.29) is 0 Å². The van der Waals surface area contributed by atoms with Crippen molar-refractivity contribution in [3.8, 4) is 5.75 Å². The fourth-order valence-electron chi connectivity index (χ4n) is 4.40. The smallest absolute Gasteiger partial charge is 0.118 e. The summed E-state index contributed by atoms with van der Waals surface area (Å²) in [5.74, 6) is 2.39. The normalized spacial score (nSPS) is 28.2. The lowest BCUT2D eigenvalue weighted by Gasteiger charge is -2.26. The van der Waals surface area contributed by atoms with Gasteiger partial charge in [0.25, 0.3) is 0 Å². The molecule has 2 fully saturated rings. The van der Waals surface area contributed by atoms with E-state index in [2.05, 4.69) is 57.4 Å². The Hall–Kier alpha value is -1.85. The highest BCUT2D eigenvalue weighted by Gasteiger charge is 2.45. The first-order chi connectivity index (χ1) is 11.2. The van der Waals surface area contributed by atoms with Gasteiger partial charge in [-0.25, -0.2) is 0 Å². The number of hydrogen-bond donors (Lipinski definition) is 1. The minimum atomic E-state index is 0.512. The van der Waals surface area contributed by atoms with Gasteiger partial charge in [-0.1, -0.05) is 12.1 Å². The van der Waals surface area contributed by atoms with Gasteiger partial charge in [0.2, 0.25) is 0 Å². The number of benzene rings is 1. The molecule has 1 aromatic carbocycles. The molecular weight excluding hydrogens is 288 g/mol. The Morgan fingerprint density at radius 1 is 1.17 bits per heavy atom. The molecular formula is C18H24N4O. The summed E-state index contributed by atoms with van der Waals surface area (Å²) in [4.78, 5) is 5.08. The van der Waals surface area contributed by atoms with Crippen LogP contribution in [-0.2, 0) is 6.54 Å². The lowest BCUT2D eigenvalue weighted by molar-refractivity contribution is 0.223. The molecule has 0 spiro atoms. The molecule has 0 amide bonds. The van der Waals surface area contributed by atoms with Gasteiger partial charge in [-0.3, -0.25) is 14.9 Å². The maximum Gasteiger partial charge on any atom is 0.118 e. The second kappa shape index (κ2) is 5.98. The third kappa shape index (κ3) is 2.75. The van der Waals surface area contributed by atoms with Crippen molar-refractivity contribution >= 4 is 0 Å². The third-order valence-electron chi connectivity index (χ3n) is 5.38. The molecule has 0 aliphatic carbocycles. The number of likely N-dealkylation sites (tertiary alicyclic amines) is 2. The van der Waals surface area contributed by atoms with E-state index in [0.29, 0.717) is 12.0 Å². The summed E-state index contributed by atoms with van der Waals surface area (Å²) in [6, 6.07) is 11.2. The molecule has 0 unspecified atom stereocenters. The topological polar surface area (TPSA) is 44.4 Å². The Balaban J connectivity index is 1.49. The van der Waals surface area contributed by atoms with E-state index in [9.17, 15) is 0 Å². The predicted molar refractivity (Wildman–Crippen MR) is 89.2 cm³/mol. The Morgan fingerprint density at radius 2 is 2.00 bits per heavy atom. The maximum absolute atomic E-state index is 5.29. The van der Waals surface area contributed by atoms with Gasteiger partial charge in [-0.2, -0.15) is 5.10 Å². The largest absolute Gasteiger partial charge is 0.497 e. The molecule has 5 heteroatoms. The Morgan fingerprint density at radius 3 is 2.70 bits per heavy atom. The first-order valence-electron chi connectivity index (χ1n) is 8.29. The number of ether oxygens (including phenoxy) is 1. The SMILES string of the molecule is COc1ccc([C@@H]2[C@@H]3CN(Cc4ccn[nH]4)C[C@@H]3CN2C)cc1. The number of aromatic amines is 1. The van der Waals surface area contributed by atoms with Crippen LogP contribution < -0.4 is 4.74 Å². The Bertz CT molecular complexity index is 640. The molecule has 1 N–H and O–H groups in total. The zero-order valence-corrected chi connectivity index (χ0v) is 13.8. The molecule has 4 rings (SSSR count). The molecule has 23 heavy (non-hydrogen) atoms. The number of nitrogens with zero attached hydrogens (tertiary/aromatic N) is 3. The summed E-state index contributed by atoms with van der Waals surface area (Å²) in [6.07, 6.45) is 1.83. The zero-order chi connectivity index (χ0) is 15.8. The van der Waals surface area contributed by atoms with E-state index in [1.54, 1.807) is 7.11 Å². The van der Waals surface area contributed by atoms with Crippen molar-refractivity contribution in [2.75, 3.05) is 33.8 Å². The average Bonchev–Trinajstić information content (AvgIpc) is 3.25. The minimum absolute atomic E-state index is 0.512. The third-order valence-corrected chi connectivity index (χ3v) is 5.38. The summed E-state index contributed by atoms with van der Waals surface area (Å²) >= 11 is 0. The number of aromatic nitrogens is 2. The molecule has 3 heterocycles. The van der Waals surface area contributed by atoms with Crippen molar-refractivity contribution in [3.05, 3.63) is 47.8 Å². The van der Waals surface area contributed by atoms with Gasteiger partial charge in [-0.05, 0) is 42.6 Å². The predicted octanol–water partition coefficient (Wildman–Crippen LogP) is 2.15. The first-order valence-corrected chi connectivity index (χ1v) is 8.29. The van der Waals surface area contributed by atoms with Crippen molar-refractivity contribution in [2.45, 2.75) is 12.6 Å². The second-order valence-electron chi connectivity index (χ2n) is 6.86. The fourth-order valence-corrected chi connectivity index (χ4v) is 4.40. The van der Waals surface area contributed by atoms with Crippen molar-refractivity contribution < 1.29 is 4.74 Å². The Labute approximate surface area is 137 Å². The van der Waals surface area contributed by atoms with Crippen LogP contribution in [0.2, 0.25) is 0 Å². The molecule has 2 aromatic rings. The minimum Gasteiger partial charge on any atom is -0.497 e. The molecule has 2 aliphatic heterocycles. The van der Waals surface area contributed by atoms with Crippen LogP contribution >= 0.6 is 0 Å². The molecule has 0 radical (unpaired) electrons. The van der Waals surface area contributed by atoms with E-state index >= 15 is 0 Å². The highest BCUT2D eigenvalue weighted by molar-refractivity contribution is 5.30.